The second kappa shape index (κ2) is 8.83. The predicted octanol–water partition coefficient (Wildman–Crippen LogP) is 2.68. The topological polar surface area (TPSA) is 70.2 Å². The van der Waals surface area contributed by atoms with Crippen molar-refractivity contribution in [3.05, 3.63) is 70.7 Å². The molecule has 26 heavy (non-hydrogen) atoms. The van der Waals surface area contributed by atoms with Gasteiger partial charge in [0.15, 0.2) is 0 Å². The Hall–Kier alpha value is -2.37. The number of hydrogen-bond donors (Lipinski definition) is 3. The van der Waals surface area contributed by atoms with E-state index in [4.69, 9.17) is 11.6 Å². The number of halogens is 1. The fourth-order valence-corrected chi connectivity index (χ4v) is 3.29. The molecule has 2 atom stereocenters. The molecule has 0 saturated carbocycles. The number of rotatable bonds is 6. The Morgan fingerprint density at radius 1 is 1.12 bits per heavy atom. The monoisotopic (exact) mass is 371 g/mol. The fourth-order valence-electron chi connectivity index (χ4n) is 3.07. The summed E-state index contributed by atoms with van der Waals surface area (Å²) in [6.07, 6.45) is 1.10. The van der Waals surface area contributed by atoms with Gasteiger partial charge in [-0.1, -0.05) is 54.1 Å². The summed E-state index contributed by atoms with van der Waals surface area (Å²) >= 11 is 6.12. The van der Waals surface area contributed by atoms with Crippen LogP contribution in [0, 0.1) is 0 Å². The van der Waals surface area contributed by atoms with E-state index in [1.807, 2.05) is 30.3 Å². The largest absolute Gasteiger partial charge is 0.352 e. The van der Waals surface area contributed by atoms with Crippen molar-refractivity contribution in [3.63, 3.8) is 0 Å². The number of amides is 2. The third kappa shape index (κ3) is 4.84. The van der Waals surface area contributed by atoms with Crippen molar-refractivity contribution in [1.29, 1.82) is 0 Å². The van der Waals surface area contributed by atoms with Crippen molar-refractivity contribution in [3.8, 4) is 0 Å². The second-order valence-corrected chi connectivity index (χ2v) is 6.79. The summed E-state index contributed by atoms with van der Waals surface area (Å²) in [6, 6.07) is 16.1. The second-order valence-electron chi connectivity index (χ2n) is 6.38. The van der Waals surface area contributed by atoms with E-state index in [0.717, 1.165) is 25.1 Å². The average Bonchev–Trinajstić information content (AvgIpc) is 3.15. The number of benzene rings is 2. The Morgan fingerprint density at radius 3 is 2.54 bits per heavy atom. The van der Waals surface area contributed by atoms with Gasteiger partial charge in [-0.3, -0.25) is 9.59 Å². The highest BCUT2D eigenvalue weighted by Crippen LogP contribution is 2.20. The number of carbonyl (C=O) groups is 2. The van der Waals surface area contributed by atoms with E-state index < -0.39 is 6.04 Å². The first-order valence-electron chi connectivity index (χ1n) is 8.74. The zero-order valence-electron chi connectivity index (χ0n) is 14.4. The highest BCUT2D eigenvalue weighted by Gasteiger charge is 2.23. The molecule has 0 aromatic heterocycles. The first-order chi connectivity index (χ1) is 12.6. The van der Waals surface area contributed by atoms with E-state index in [0.29, 0.717) is 10.6 Å². The van der Waals surface area contributed by atoms with Crippen LogP contribution in [0.4, 0.5) is 0 Å². The van der Waals surface area contributed by atoms with E-state index in [1.165, 1.54) is 0 Å². The normalized spacial score (nSPS) is 17.5. The van der Waals surface area contributed by atoms with E-state index in [9.17, 15) is 9.59 Å². The highest BCUT2D eigenvalue weighted by atomic mass is 35.5. The number of nitrogens with one attached hydrogen (secondary N) is 3. The molecule has 1 aliphatic heterocycles. The van der Waals surface area contributed by atoms with Gasteiger partial charge in [0.05, 0.1) is 23.0 Å². The Kier molecular flexibility index (Phi) is 6.26. The molecular formula is C20H22ClN3O2. The summed E-state index contributed by atoms with van der Waals surface area (Å²) in [7, 11) is 0. The Morgan fingerprint density at radius 2 is 1.85 bits per heavy atom. The summed E-state index contributed by atoms with van der Waals surface area (Å²) in [6.45, 7) is 1.70. The van der Waals surface area contributed by atoms with Gasteiger partial charge in [0, 0.05) is 12.6 Å². The van der Waals surface area contributed by atoms with Crippen LogP contribution in [0.25, 0.3) is 0 Å². The van der Waals surface area contributed by atoms with Crippen LogP contribution in [-0.2, 0) is 4.79 Å². The molecule has 6 heteroatoms. The van der Waals surface area contributed by atoms with Crippen molar-refractivity contribution in [2.24, 2.45) is 0 Å². The van der Waals surface area contributed by atoms with Crippen LogP contribution in [0.3, 0.4) is 0 Å². The molecule has 0 aliphatic carbocycles. The van der Waals surface area contributed by atoms with Crippen LogP contribution < -0.4 is 16.0 Å². The van der Waals surface area contributed by atoms with Crippen LogP contribution in [-0.4, -0.2) is 30.9 Å². The minimum atomic E-state index is -0.422. The lowest BCUT2D eigenvalue weighted by Crippen LogP contribution is -2.39. The maximum Gasteiger partial charge on any atom is 0.253 e. The van der Waals surface area contributed by atoms with Crippen LogP contribution in [0.2, 0.25) is 5.02 Å². The smallest absolute Gasteiger partial charge is 0.253 e. The van der Waals surface area contributed by atoms with Crippen LogP contribution in [0.1, 0.15) is 34.8 Å². The number of hydrogen-bond acceptors (Lipinski definition) is 3. The molecule has 3 N–H and O–H groups in total. The minimum absolute atomic E-state index is 0.0768. The van der Waals surface area contributed by atoms with Crippen molar-refractivity contribution in [2.75, 3.05) is 13.1 Å². The molecule has 2 amide bonds. The molecule has 1 aliphatic rings. The maximum atomic E-state index is 12.6. The fraction of sp³-hybridized carbons (Fsp3) is 0.300. The minimum Gasteiger partial charge on any atom is -0.352 e. The van der Waals surface area contributed by atoms with E-state index in [1.54, 1.807) is 24.3 Å². The Balaban J connectivity index is 1.72. The molecule has 1 fully saturated rings. The molecule has 1 heterocycles. The molecule has 2 unspecified atom stereocenters. The van der Waals surface area contributed by atoms with E-state index in [2.05, 4.69) is 16.0 Å². The molecule has 2 aromatic carbocycles. The molecule has 136 valence electrons. The van der Waals surface area contributed by atoms with E-state index in [-0.39, 0.29) is 24.3 Å². The first-order valence-corrected chi connectivity index (χ1v) is 9.11. The van der Waals surface area contributed by atoms with Gasteiger partial charge < -0.3 is 16.0 Å². The summed E-state index contributed by atoms with van der Waals surface area (Å²) in [4.78, 5) is 25.1. The van der Waals surface area contributed by atoms with Crippen molar-refractivity contribution in [2.45, 2.75) is 24.9 Å². The van der Waals surface area contributed by atoms with Gasteiger partial charge in [-0.15, -0.1) is 0 Å². The summed E-state index contributed by atoms with van der Waals surface area (Å²) in [5.74, 6) is -0.369. The van der Waals surface area contributed by atoms with Gasteiger partial charge in [0.1, 0.15) is 0 Å². The van der Waals surface area contributed by atoms with Gasteiger partial charge >= 0.3 is 0 Å². The maximum absolute atomic E-state index is 12.6. The van der Waals surface area contributed by atoms with Crippen LogP contribution in [0.15, 0.2) is 54.6 Å². The molecule has 3 rings (SSSR count). The molecule has 0 bridgehead atoms. The Labute approximate surface area is 158 Å². The lowest BCUT2D eigenvalue weighted by Gasteiger charge is -2.20. The van der Waals surface area contributed by atoms with Gasteiger partial charge in [0.2, 0.25) is 5.91 Å². The standard InChI is InChI=1S/C20H22ClN3O2/c21-17-9-5-4-8-16(17)20(26)24-18(14-6-2-1-3-7-14)12-19(25)23-15-10-11-22-13-15/h1-9,15,18,22H,10-13H2,(H,23,25)(H,24,26). The quantitative estimate of drug-likeness (QED) is 0.731. The predicted molar refractivity (Wildman–Crippen MR) is 102 cm³/mol. The van der Waals surface area contributed by atoms with Gasteiger partial charge in [-0.2, -0.15) is 0 Å². The van der Waals surface area contributed by atoms with Gasteiger partial charge in [-0.25, -0.2) is 0 Å². The molecule has 0 spiro atoms. The molecule has 0 radical (unpaired) electrons. The van der Waals surface area contributed by atoms with Crippen molar-refractivity contribution in [1.82, 2.24) is 16.0 Å². The zero-order chi connectivity index (χ0) is 18.4. The molecular weight excluding hydrogens is 350 g/mol. The highest BCUT2D eigenvalue weighted by molar-refractivity contribution is 6.33. The Bertz CT molecular complexity index is 761. The molecule has 5 nitrogen and oxygen atoms in total. The summed E-state index contributed by atoms with van der Waals surface area (Å²) in [5.41, 5.74) is 1.28. The van der Waals surface area contributed by atoms with Gasteiger partial charge in [0.25, 0.3) is 5.91 Å². The molecule has 2 aromatic rings. The zero-order valence-corrected chi connectivity index (χ0v) is 15.1. The third-order valence-electron chi connectivity index (χ3n) is 4.44. The van der Waals surface area contributed by atoms with Gasteiger partial charge in [-0.05, 0) is 30.7 Å². The van der Waals surface area contributed by atoms with Crippen molar-refractivity contribution >= 4 is 23.4 Å². The summed E-state index contributed by atoms with van der Waals surface area (Å²) in [5, 5.41) is 9.58. The SMILES string of the molecule is O=C(CC(NC(=O)c1ccccc1Cl)c1ccccc1)NC1CCNC1. The lowest BCUT2D eigenvalue weighted by molar-refractivity contribution is -0.122. The molecule has 1 saturated heterocycles. The first kappa shape index (κ1) is 18.4. The number of carbonyl (C=O) groups excluding carboxylic acids is 2. The third-order valence-corrected chi connectivity index (χ3v) is 4.77. The van der Waals surface area contributed by atoms with Crippen LogP contribution >= 0.6 is 11.6 Å². The lowest BCUT2D eigenvalue weighted by atomic mass is 10.0. The van der Waals surface area contributed by atoms with E-state index >= 15 is 0 Å². The summed E-state index contributed by atoms with van der Waals surface area (Å²) < 4.78 is 0. The van der Waals surface area contributed by atoms with Crippen molar-refractivity contribution < 1.29 is 9.59 Å². The average molecular weight is 372 g/mol. The van der Waals surface area contributed by atoms with Crippen LogP contribution in [0.5, 0.6) is 0 Å².